The Morgan fingerprint density at radius 2 is 1.84 bits per heavy atom. The van der Waals surface area contributed by atoms with E-state index >= 15 is 0 Å². The lowest BCUT2D eigenvalue weighted by Crippen LogP contribution is -2.03. The van der Waals surface area contributed by atoms with Crippen molar-refractivity contribution in [2.24, 2.45) is 0 Å². The fourth-order valence-corrected chi connectivity index (χ4v) is 2.80. The third-order valence-electron chi connectivity index (χ3n) is 4.50. The van der Waals surface area contributed by atoms with Crippen LogP contribution < -0.4 is 14.8 Å². The third kappa shape index (κ3) is 4.79. The second-order valence-electron chi connectivity index (χ2n) is 6.71. The van der Waals surface area contributed by atoms with Crippen LogP contribution in [0.3, 0.4) is 0 Å². The van der Waals surface area contributed by atoms with E-state index in [9.17, 15) is 5.26 Å². The highest BCUT2D eigenvalue weighted by Gasteiger charge is 2.12. The lowest BCUT2D eigenvalue weighted by Gasteiger charge is -2.09. The minimum Gasteiger partial charge on any atom is -0.497 e. The number of benzene rings is 2. The highest BCUT2D eigenvalue weighted by atomic mass is 16.5. The molecular weight excluding hydrogens is 394 g/mol. The molecule has 0 aliphatic rings. The van der Waals surface area contributed by atoms with E-state index in [-0.39, 0.29) is 18.3 Å². The van der Waals surface area contributed by atoms with Crippen LogP contribution >= 0.6 is 0 Å². The first-order chi connectivity index (χ1) is 15.1. The highest BCUT2D eigenvalue weighted by molar-refractivity contribution is 5.59. The zero-order valence-electron chi connectivity index (χ0n) is 17.0. The molecule has 8 nitrogen and oxygen atoms in total. The predicted octanol–water partition coefficient (Wildman–Crippen LogP) is 4.64. The fraction of sp³-hybridized carbons (Fsp3) is 0.130. The number of aromatic nitrogens is 3. The summed E-state index contributed by atoms with van der Waals surface area (Å²) in [5.74, 6) is 2.04. The number of nitrogens with zero attached hydrogens (tertiary/aromatic N) is 4. The zero-order valence-corrected chi connectivity index (χ0v) is 17.0. The largest absolute Gasteiger partial charge is 0.497 e. The summed E-state index contributed by atoms with van der Waals surface area (Å²) in [6, 6.07) is 19.2. The molecule has 0 radical (unpaired) electrons. The Morgan fingerprint density at radius 3 is 2.55 bits per heavy atom. The summed E-state index contributed by atoms with van der Waals surface area (Å²) in [5.41, 5.74) is 3.09. The summed E-state index contributed by atoms with van der Waals surface area (Å²) < 4.78 is 16.7. The average molecular weight is 413 g/mol. The minimum absolute atomic E-state index is 0.0896. The predicted molar refractivity (Wildman–Crippen MR) is 114 cm³/mol. The molecule has 1 N–H and O–H groups in total. The molecule has 31 heavy (non-hydrogen) atoms. The van der Waals surface area contributed by atoms with Crippen molar-refractivity contribution < 1.29 is 13.9 Å². The van der Waals surface area contributed by atoms with Crippen LogP contribution in [0.2, 0.25) is 0 Å². The van der Waals surface area contributed by atoms with Crippen LogP contribution in [0.15, 0.2) is 65.2 Å². The third-order valence-corrected chi connectivity index (χ3v) is 4.50. The van der Waals surface area contributed by atoms with Crippen LogP contribution in [-0.4, -0.2) is 22.3 Å². The summed E-state index contributed by atoms with van der Waals surface area (Å²) in [6.45, 7) is 2.29. The first-order valence-electron chi connectivity index (χ1n) is 9.48. The fourth-order valence-electron chi connectivity index (χ4n) is 2.80. The number of oxazole rings is 1. The van der Waals surface area contributed by atoms with Gasteiger partial charge in [-0.3, -0.25) is 5.32 Å². The van der Waals surface area contributed by atoms with Gasteiger partial charge in [0.15, 0.2) is 17.3 Å². The van der Waals surface area contributed by atoms with Gasteiger partial charge in [0.05, 0.1) is 13.3 Å². The van der Waals surface area contributed by atoms with E-state index < -0.39 is 0 Å². The van der Waals surface area contributed by atoms with E-state index in [4.69, 9.17) is 13.9 Å². The van der Waals surface area contributed by atoms with E-state index in [0.717, 1.165) is 22.4 Å². The number of anilines is 2. The van der Waals surface area contributed by atoms with Gasteiger partial charge in [-0.25, -0.2) is 4.98 Å². The zero-order chi connectivity index (χ0) is 21.6. The molecule has 0 atom stereocenters. The molecule has 0 bridgehead atoms. The SMILES string of the molecule is COc1ccc(COc2cc(Nc3ncc(-c4ccc(C)cc4)o3)nnc2C#N)cc1. The molecule has 0 unspecified atom stereocenters. The molecule has 4 aromatic rings. The standard InChI is InChI=1S/C23H19N5O3/c1-15-3-7-17(8-4-15)21-13-25-23(31-21)26-22-11-20(19(12-24)27-28-22)30-14-16-5-9-18(29-2)10-6-16/h3-11,13H,14H2,1-2H3,(H,25,26,28). The summed E-state index contributed by atoms with van der Waals surface area (Å²) in [7, 11) is 1.61. The van der Waals surface area contributed by atoms with Gasteiger partial charge in [0.25, 0.3) is 0 Å². The van der Waals surface area contributed by atoms with E-state index in [1.54, 1.807) is 19.4 Å². The van der Waals surface area contributed by atoms with E-state index in [0.29, 0.717) is 17.3 Å². The van der Waals surface area contributed by atoms with Gasteiger partial charge in [-0.15, -0.1) is 10.2 Å². The minimum atomic E-state index is 0.0896. The molecule has 0 amide bonds. The van der Waals surface area contributed by atoms with Crippen molar-refractivity contribution in [1.82, 2.24) is 15.2 Å². The number of nitriles is 1. The number of hydrogen-bond acceptors (Lipinski definition) is 8. The number of hydrogen-bond donors (Lipinski definition) is 1. The van der Waals surface area contributed by atoms with Gasteiger partial charge in [-0.05, 0) is 24.6 Å². The number of methoxy groups -OCH3 is 1. The van der Waals surface area contributed by atoms with Gasteiger partial charge in [0.2, 0.25) is 5.69 Å². The van der Waals surface area contributed by atoms with Crippen LogP contribution in [-0.2, 0) is 6.61 Å². The van der Waals surface area contributed by atoms with E-state index in [1.165, 1.54) is 0 Å². The molecule has 4 rings (SSSR count). The number of rotatable bonds is 7. The molecule has 0 fully saturated rings. The Bertz CT molecular complexity index is 1210. The van der Waals surface area contributed by atoms with Crippen molar-refractivity contribution in [2.45, 2.75) is 13.5 Å². The van der Waals surface area contributed by atoms with Crippen LogP contribution in [0.25, 0.3) is 11.3 Å². The van der Waals surface area contributed by atoms with Crippen LogP contribution in [0, 0.1) is 18.3 Å². The van der Waals surface area contributed by atoms with Crippen molar-refractivity contribution in [3.8, 4) is 28.9 Å². The Morgan fingerprint density at radius 1 is 1.06 bits per heavy atom. The lowest BCUT2D eigenvalue weighted by molar-refractivity contribution is 0.303. The number of ether oxygens (including phenoxy) is 2. The van der Waals surface area contributed by atoms with E-state index in [1.807, 2.05) is 61.5 Å². The van der Waals surface area contributed by atoms with E-state index in [2.05, 4.69) is 20.5 Å². The first-order valence-corrected chi connectivity index (χ1v) is 9.48. The summed E-state index contributed by atoms with van der Waals surface area (Å²) in [6.07, 6.45) is 1.63. The van der Waals surface area contributed by atoms with Gasteiger partial charge >= 0.3 is 6.01 Å². The van der Waals surface area contributed by atoms with Crippen molar-refractivity contribution >= 4 is 11.8 Å². The smallest absolute Gasteiger partial charge is 0.300 e. The Hall–Kier alpha value is -4.38. The molecule has 0 saturated heterocycles. The van der Waals surface area contributed by atoms with Crippen molar-refractivity contribution in [2.75, 3.05) is 12.4 Å². The van der Waals surface area contributed by atoms with Crippen LogP contribution in [0.5, 0.6) is 11.5 Å². The van der Waals surface area contributed by atoms with Gasteiger partial charge in [0.1, 0.15) is 18.4 Å². The summed E-state index contributed by atoms with van der Waals surface area (Å²) in [4.78, 5) is 4.23. The summed E-state index contributed by atoms with van der Waals surface area (Å²) >= 11 is 0. The van der Waals surface area contributed by atoms with Crippen molar-refractivity contribution in [1.29, 1.82) is 5.26 Å². The molecule has 0 spiro atoms. The maximum atomic E-state index is 9.31. The molecule has 0 aliphatic heterocycles. The molecule has 0 aliphatic carbocycles. The van der Waals surface area contributed by atoms with Crippen molar-refractivity contribution in [3.63, 3.8) is 0 Å². The molecule has 0 saturated carbocycles. The lowest BCUT2D eigenvalue weighted by atomic mass is 10.1. The molecule has 8 heteroatoms. The topological polar surface area (TPSA) is 106 Å². The summed E-state index contributed by atoms with van der Waals surface area (Å²) in [5, 5.41) is 20.2. The second kappa shape index (κ2) is 8.97. The molecule has 2 aromatic carbocycles. The normalized spacial score (nSPS) is 10.4. The van der Waals surface area contributed by atoms with Gasteiger partial charge in [-0.1, -0.05) is 42.0 Å². The Balaban J connectivity index is 1.48. The highest BCUT2D eigenvalue weighted by Crippen LogP contribution is 2.26. The Labute approximate surface area is 179 Å². The van der Waals surface area contributed by atoms with Crippen LogP contribution in [0.1, 0.15) is 16.8 Å². The van der Waals surface area contributed by atoms with Gasteiger partial charge < -0.3 is 13.9 Å². The quantitative estimate of drug-likeness (QED) is 0.467. The van der Waals surface area contributed by atoms with Crippen LogP contribution in [0.4, 0.5) is 11.8 Å². The molecular formula is C23H19N5O3. The molecule has 2 aromatic heterocycles. The monoisotopic (exact) mass is 413 g/mol. The molecule has 154 valence electrons. The Kier molecular flexibility index (Phi) is 5.76. The first kappa shape index (κ1) is 19.9. The second-order valence-corrected chi connectivity index (χ2v) is 6.71. The number of aryl methyl sites for hydroxylation is 1. The maximum Gasteiger partial charge on any atom is 0.300 e. The maximum absolute atomic E-state index is 9.31. The average Bonchev–Trinajstić information content (AvgIpc) is 3.27. The van der Waals surface area contributed by atoms with Gasteiger partial charge in [-0.2, -0.15) is 5.26 Å². The number of nitrogens with one attached hydrogen (secondary N) is 1. The van der Waals surface area contributed by atoms with Crippen molar-refractivity contribution in [3.05, 3.63) is 77.6 Å². The molecule has 2 heterocycles. The van der Waals surface area contributed by atoms with Gasteiger partial charge in [0, 0.05) is 11.6 Å².